The number of nitrogens with one attached hydrogen (secondary N) is 1. The van der Waals surface area contributed by atoms with Crippen molar-refractivity contribution in [3.63, 3.8) is 0 Å². The number of thioether (sulfide) groups is 1. The Hall–Kier alpha value is -2.28. The number of carbonyl (C=O) groups excluding carboxylic acids is 1. The largest absolute Gasteiger partial charge is 0.368 e. The summed E-state index contributed by atoms with van der Waals surface area (Å²) in [4.78, 5) is 35.2. The van der Waals surface area contributed by atoms with E-state index in [-0.39, 0.29) is 11.5 Å². The second kappa shape index (κ2) is 8.20. The average molecular weight is 358 g/mol. The van der Waals surface area contributed by atoms with Gasteiger partial charge in [-0.25, -0.2) is 4.98 Å². The lowest BCUT2D eigenvalue weighted by atomic mass is 10.2. The van der Waals surface area contributed by atoms with E-state index < -0.39 is 0 Å². The molecule has 1 saturated heterocycles. The monoisotopic (exact) mass is 358 g/mol. The van der Waals surface area contributed by atoms with Crippen LogP contribution in [0.1, 0.15) is 12.6 Å². The van der Waals surface area contributed by atoms with Crippen molar-refractivity contribution in [1.82, 2.24) is 14.9 Å². The van der Waals surface area contributed by atoms with Crippen molar-refractivity contribution >= 4 is 23.4 Å². The number of para-hydroxylation sites is 1. The summed E-state index contributed by atoms with van der Waals surface area (Å²) in [6.45, 7) is 5.05. The van der Waals surface area contributed by atoms with Gasteiger partial charge in [0, 0.05) is 43.6 Å². The molecule has 25 heavy (non-hydrogen) atoms. The Balaban J connectivity index is 1.51. The molecule has 6 nitrogen and oxygen atoms in total. The maximum atomic E-state index is 12.4. The molecule has 1 fully saturated rings. The Kier molecular flexibility index (Phi) is 5.75. The molecular formula is C18H22N4O2S. The minimum Gasteiger partial charge on any atom is -0.368 e. The molecule has 1 N–H and O–H groups in total. The number of hydrogen-bond acceptors (Lipinski definition) is 5. The van der Waals surface area contributed by atoms with Crippen molar-refractivity contribution in [3.8, 4) is 0 Å². The lowest BCUT2D eigenvalue weighted by Crippen LogP contribution is -2.49. The van der Waals surface area contributed by atoms with Crippen LogP contribution in [0.4, 0.5) is 5.69 Å². The van der Waals surface area contributed by atoms with E-state index in [0.29, 0.717) is 30.4 Å². The van der Waals surface area contributed by atoms with E-state index in [0.717, 1.165) is 18.8 Å². The highest BCUT2D eigenvalue weighted by atomic mass is 32.2. The SMILES string of the molecule is CCc1cc(=O)[nH]c(SCC(=O)N2CCN(c3ccccc3)CC2)n1. The van der Waals surface area contributed by atoms with E-state index in [4.69, 9.17) is 0 Å². The van der Waals surface area contributed by atoms with E-state index in [1.165, 1.54) is 23.5 Å². The van der Waals surface area contributed by atoms with E-state index in [1.54, 1.807) is 0 Å². The standard InChI is InChI=1S/C18H22N4O2S/c1-2-14-12-16(23)20-18(19-14)25-13-17(24)22-10-8-21(9-11-22)15-6-4-3-5-7-15/h3-7,12H,2,8-11,13H2,1H3,(H,19,20,23). The third kappa shape index (κ3) is 4.63. The number of H-pyrrole nitrogens is 1. The molecule has 0 saturated carbocycles. The Morgan fingerprint density at radius 3 is 2.60 bits per heavy atom. The van der Waals surface area contributed by atoms with Crippen molar-refractivity contribution in [1.29, 1.82) is 0 Å². The highest BCUT2D eigenvalue weighted by Crippen LogP contribution is 2.17. The molecule has 132 valence electrons. The Bertz CT molecular complexity index is 770. The number of anilines is 1. The predicted octanol–water partition coefficient (Wildman–Crippen LogP) is 1.77. The molecule has 3 rings (SSSR count). The zero-order valence-electron chi connectivity index (χ0n) is 14.3. The van der Waals surface area contributed by atoms with E-state index in [2.05, 4.69) is 27.0 Å². The maximum absolute atomic E-state index is 12.4. The number of rotatable bonds is 5. The van der Waals surface area contributed by atoms with Crippen LogP contribution < -0.4 is 10.5 Å². The summed E-state index contributed by atoms with van der Waals surface area (Å²) in [6, 6.07) is 11.7. The van der Waals surface area contributed by atoms with Crippen LogP contribution in [-0.2, 0) is 11.2 Å². The molecule has 1 aliphatic rings. The highest BCUT2D eigenvalue weighted by molar-refractivity contribution is 7.99. The molecule has 1 aromatic heterocycles. The molecule has 0 radical (unpaired) electrons. The molecule has 0 atom stereocenters. The molecule has 7 heteroatoms. The first-order chi connectivity index (χ1) is 12.2. The third-order valence-corrected chi connectivity index (χ3v) is 5.08. The summed E-state index contributed by atoms with van der Waals surface area (Å²) in [7, 11) is 0. The third-order valence-electron chi connectivity index (χ3n) is 4.22. The number of piperazine rings is 1. The van der Waals surface area contributed by atoms with Gasteiger partial charge in [0.1, 0.15) is 0 Å². The van der Waals surface area contributed by atoms with Crippen molar-refractivity contribution in [2.75, 3.05) is 36.8 Å². The van der Waals surface area contributed by atoms with Crippen LogP contribution in [-0.4, -0.2) is 52.7 Å². The average Bonchev–Trinajstić information content (AvgIpc) is 2.66. The number of aromatic amines is 1. The number of hydrogen-bond donors (Lipinski definition) is 1. The summed E-state index contributed by atoms with van der Waals surface area (Å²) in [5.74, 6) is 0.379. The van der Waals surface area contributed by atoms with Gasteiger partial charge in [0.2, 0.25) is 5.91 Å². The van der Waals surface area contributed by atoms with Crippen LogP contribution >= 0.6 is 11.8 Å². The number of carbonyl (C=O) groups is 1. The van der Waals surface area contributed by atoms with Crippen LogP contribution in [0.2, 0.25) is 0 Å². The van der Waals surface area contributed by atoms with Gasteiger partial charge < -0.3 is 14.8 Å². The first-order valence-corrected chi connectivity index (χ1v) is 9.45. The number of amides is 1. The van der Waals surface area contributed by atoms with E-state index in [9.17, 15) is 9.59 Å². The molecular weight excluding hydrogens is 336 g/mol. The molecule has 1 aliphatic heterocycles. The molecule has 1 amide bonds. The highest BCUT2D eigenvalue weighted by Gasteiger charge is 2.21. The van der Waals surface area contributed by atoms with E-state index in [1.807, 2.05) is 30.0 Å². The lowest BCUT2D eigenvalue weighted by Gasteiger charge is -2.36. The predicted molar refractivity (Wildman–Crippen MR) is 100 cm³/mol. The normalized spacial score (nSPS) is 14.6. The van der Waals surface area contributed by atoms with E-state index >= 15 is 0 Å². The maximum Gasteiger partial charge on any atom is 0.251 e. The number of nitrogens with zero attached hydrogens (tertiary/aromatic N) is 3. The van der Waals surface area contributed by atoms with Gasteiger partial charge in [0.05, 0.1) is 5.75 Å². The minimum atomic E-state index is -0.168. The summed E-state index contributed by atoms with van der Waals surface area (Å²) in [5, 5.41) is 0.514. The van der Waals surface area contributed by atoms with Gasteiger partial charge >= 0.3 is 0 Å². The summed E-state index contributed by atoms with van der Waals surface area (Å²) in [5.41, 5.74) is 1.77. The minimum absolute atomic E-state index is 0.0854. The lowest BCUT2D eigenvalue weighted by molar-refractivity contribution is -0.128. The molecule has 0 bridgehead atoms. The van der Waals surface area contributed by atoms with Gasteiger partial charge in [-0.2, -0.15) is 0 Å². The van der Waals surface area contributed by atoms with Crippen molar-refractivity contribution in [2.45, 2.75) is 18.5 Å². The first kappa shape index (κ1) is 17.5. The molecule has 0 spiro atoms. The summed E-state index contributed by atoms with van der Waals surface area (Å²) in [6.07, 6.45) is 0.701. The quantitative estimate of drug-likeness (QED) is 0.652. The van der Waals surface area contributed by atoms with Gasteiger partial charge in [-0.15, -0.1) is 0 Å². The second-order valence-corrected chi connectivity index (χ2v) is 6.85. The Morgan fingerprint density at radius 1 is 1.20 bits per heavy atom. The molecule has 0 unspecified atom stereocenters. The molecule has 1 aromatic carbocycles. The second-order valence-electron chi connectivity index (χ2n) is 5.89. The van der Waals surface area contributed by atoms with Gasteiger partial charge in [0.25, 0.3) is 5.56 Å². The first-order valence-electron chi connectivity index (χ1n) is 8.46. The fraction of sp³-hybridized carbons (Fsp3) is 0.389. The number of aryl methyl sites for hydroxylation is 1. The Labute approximate surface area is 151 Å². The fourth-order valence-corrected chi connectivity index (χ4v) is 3.60. The zero-order valence-corrected chi connectivity index (χ0v) is 15.1. The number of benzene rings is 1. The fourth-order valence-electron chi connectivity index (χ4n) is 2.81. The smallest absolute Gasteiger partial charge is 0.251 e. The van der Waals surface area contributed by atoms with Gasteiger partial charge in [-0.3, -0.25) is 9.59 Å². The van der Waals surface area contributed by atoms with Crippen molar-refractivity contribution < 1.29 is 4.79 Å². The van der Waals surface area contributed by atoms with Crippen LogP contribution in [0.5, 0.6) is 0 Å². The topological polar surface area (TPSA) is 69.3 Å². The van der Waals surface area contributed by atoms with Crippen LogP contribution in [0.3, 0.4) is 0 Å². The molecule has 2 heterocycles. The molecule has 2 aromatic rings. The molecule has 0 aliphatic carbocycles. The number of aromatic nitrogens is 2. The van der Waals surface area contributed by atoms with Crippen molar-refractivity contribution in [2.24, 2.45) is 0 Å². The van der Waals surface area contributed by atoms with Crippen LogP contribution in [0.25, 0.3) is 0 Å². The van der Waals surface area contributed by atoms with Gasteiger partial charge in [0.15, 0.2) is 5.16 Å². The van der Waals surface area contributed by atoms with Crippen LogP contribution in [0, 0.1) is 0 Å². The van der Waals surface area contributed by atoms with Crippen LogP contribution in [0.15, 0.2) is 46.3 Å². The van der Waals surface area contributed by atoms with Crippen molar-refractivity contribution in [3.05, 3.63) is 52.4 Å². The Morgan fingerprint density at radius 2 is 1.92 bits per heavy atom. The summed E-state index contributed by atoms with van der Waals surface area (Å²) < 4.78 is 0. The summed E-state index contributed by atoms with van der Waals surface area (Å²) >= 11 is 1.29. The zero-order chi connectivity index (χ0) is 17.6. The van der Waals surface area contributed by atoms with Gasteiger partial charge in [-0.1, -0.05) is 36.9 Å². The van der Waals surface area contributed by atoms with Gasteiger partial charge in [-0.05, 0) is 18.6 Å².